The SMILES string of the molecule is c1ccc(-c2ccc3nc[se]c3c2)cc1. The van der Waals surface area contributed by atoms with Gasteiger partial charge in [-0.05, 0) is 0 Å². The van der Waals surface area contributed by atoms with Gasteiger partial charge in [-0.25, -0.2) is 0 Å². The number of hydrogen-bond donors (Lipinski definition) is 0. The first-order valence-corrected chi connectivity index (χ1v) is 6.67. The number of rotatable bonds is 1. The average Bonchev–Trinajstić information content (AvgIpc) is 2.77. The quantitative estimate of drug-likeness (QED) is 0.611. The summed E-state index contributed by atoms with van der Waals surface area (Å²) in [7, 11) is 0. The zero-order chi connectivity index (χ0) is 10.1. The first-order valence-electron chi connectivity index (χ1n) is 4.82. The van der Waals surface area contributed by atoms with E-state index in [1.165, 1.54) is 15.4 Å². The number of fused-ring (bicyclic) bond motifs is 1. The van der Waals surface area contributed by atoms with Crippen molar-refractivity contribution in [3.8, 4) is 11.1 Å². The van der Waals surface area contributed by atoms with E-state index in [1.54, 1.807) is 0 Å². The molecule has 3 rings (SSSR count). The van der Waals surface area contributed by atoms with Crippen molar-refractivity contribution < 1.29 is 0 Å². The van der Waals surface area contributed by atoms with Crippen LogP contribution in [-0.2, 0) is 0 Å². The molecule has 0 unspecified atom stereocenters. The Morgan fingerprint density at radius 2 is 1.73 bits per heavy atom. The summed E-state index contributed by atoms with van der Waals surface area (Å²) in [6.07, 6.45) is 0. The van der Waals surface area contributed by atoms with Gasteiger partial charge >= 0.3 is 94.0 Å². The van der Waals surface area contributed by atoms with E-state index < -0.39 is 0 Å². The molecule has 1 heterocycles. The van der Waals surface area contributed by atoms with Crippen LogP contribution in [0.3, 0.4) is 0 Å². The van der Waals surface area contributed by atoms with Gasteiger partial charge in [0.2, 0.25) is 0 Å². The third-order valence-corrected chi connectivity index (χ3v) is 4.10. The minimum absolute atomic E-state index is 0.431. The van der Waals surface area contributed by atoms with Gasteiger partial charge in [-0.15, -0.1) is 0 Å². The van der Waals surface area contributed by atoms with Crippen LogP contribution in [-0.4, -0.2) is 19.5 Å². The van der Waals surface area contributed by atoms with Gasteiger partial charge in [0.15, 0.2) is 0 Å². The van der Waals surface area contributed by atoms with Gasteiger partial charge in [-0.3, -0.25) is 0 Å². The second-order valence-electron chi connectivity index (χ2n) is 3.40. The Balaban J connectivity index is 2.19. The second-order valence-corrected chi connectivity index (χ2v) is 5.26. The molecule has 0 bridgehead atoms. The van der Waals surface area contributed by atoms with E-state index in [1.807, 2.05) is 11.1 Å². The summed E-state index contributed by atoms with van der Waals surface area (Å²) in [5, 5.41) is 2.03. The molecular weight excluding hydrogens is 249 g/mol. The molecule has 0 aliphatic heterocycles. The van der Waals surface area contributed by atoms with E-state index in [4.69, 9.17) is 0 Å². The molecule has 15 heavy (non-hydrogen) atoms. The van der Waals surface area contributed by atoms with Crippen molar-refractivity contribution in [1.82, 2.24) is 4.98 Å². The van der Waals surface area contributed by atoms with Gasteiger partial charge in [0.05, 0.1) is 0 Å². The predicted octanol–water partition coefficient (Wildman–Crippen LogP) is 2.96. The van der Waals surface area contributed by atoms with Crippen LogP contribution < -0.4 is 0 Å². The third-order valence-electron chi connectivity index (χ3n) is 2.44. The Bertz CT molecular complexity index is 584. The molecule has 0 aliphatic rings. The Morgan fingerprint density at radius 3 is 2.60 bits per heavy atom. The van der Waals surface area contributed by atoms with Crippen molar-refractivity contribution in [2.45, 2.75) is 0 Å². The topological polar surface area (TPSA) is 12.9 Å². The fourth-order valence-electron chi connectivity index (χ4n) is 1.67. The summed E-state index contributed by atoms with van der Waals surface area (Å²) in [6.45, 7) is 0. The molecule has 0 aliphatic carbocycles. The summed E-state index contributed by atoms with van der Waals surface area (Å²) in [6, 6.07) is 17.0. The van der Waals surface area contributed by atoms with E-state index in [9.17, 15) is 0 Å². The Morgan fingerprint density at radius 1 is 0.867 bits per heavy atom. The fourth-order valence-corrected chi connectivity index (χ4v) is 3.17. The van der Waals surface area contributed by atoms with Crippen molar-refractivity contribution in [3.63, 3.8) is 0 Å². The monoisotopic (exact) mass is 259 g/mol. The van der Waals surface area contributed by atoms with Crippen LogP contribution in [0.15, 0.2) is 53.6 Å². The zero-order valence-corrected chi connectivity index (χ0v) is 9.76. The number of benzene rings is 2. The molecule has 2 aromatic carbocycles. The molecule has 1 aromatic heterocycles. The minimum atomic E-state index is 0.431. The van der Waals surface area contributed by atoms with Gasteiger partial charge in [-0.1, -0.05) is 0 Å². The normalized spacial score (nSPS) is 10.7. The van der Waals surface area contributed by atoms with Crippen LogP contribution in [0.25, 0.3) is 20.9 Å². The Labute approximate surface area is 94.1 Å². The molecule has 0 spiro atoms. The fraction of sp³-hybridized carbons (Fsp3) is 0. The molecule has 0 fully saturated rings. The number of hydrogen-bond acceptors (Lipinski definition) is 1. The van der Waals surface area contributed by atoms with Crippen molar-refractivity contribution >= 4 is 24.3 Å². The van der Waals surface area contributed by atoms with Gasteiger partial charge in [0, 0.05) is 0 Å². The van der Waals surface area contributed by atoms with Crippen LogP contribution in [0.2, 0.25) is 0 Å². The summed E-state index contributed by atoms with van der Waals surface area (Å²) in [5.41, 5.74) is 3.72. The maximum atomic E-state index is 4.34. The number of aromatic nitrogens is 1. The first-order chi connectivity index (χ1) is 7.43. The van der Waals surface area contributed by atoms with Gasteiger partial charge in [0.25, 0.3) is 0 Å². The van der Waals surface area contributed by atoms with E-state index in [0.29, 0.717) is 14.5 Å². The van der Waals surface area contributed by atoms with E-state index in [-0.39, 0.29) is 0 Å². The van der Waals surface area contributed by atoms with Crippen molar-refractivity contribution in [2.75, 3.05) is 0 Å². The molecule has 72 valence electrons. The molecular formula is C13H9NSe. The molecule has 1 nitrogen and oxygen atoms in total. The second kappa shape index (κ2) is 3.65. The van der Waals surface area contributed by atoms with E-state index >= 15 is 0 Å². The summed E-state index contributed by atoms with van der Waals surface area (Å²) < 4.78 is 1.39. The van der Waals surface area contributed by atoms with Gasteiger partial charge in [-0.2, -0.15) is 0 Å². The standard InChI is InChI=1S/C13H9NSe/c1-2-4-10(5-3-1)11-6-7-12-13(8-11)15-9-14-12/h1-9H. The summed E-state index contributed by atoms with van der Waals surface area (Å²) >= 11 is 0.431. The van der Waals surface area contributed by atoms with Crippen molar-refractivity contribution in [3.05, 3.63) is 53.6 Å². The van der Waals surface area contributed by atoms with Crippen LogP contribution >= 0.6 is 0 Å². The summed E-state index contributed by atoms with van der Waals surface area (Å²) in [5.74, 6) is 0. The van der Waals surface area contributed by atoms with Crippen LogP contribution in [0, 0.1) is 0 Å². The molecule has 0 N–H and O–H groups in total. The van der Waals surface area contributed by atoms with Crippen LogP contribution in [0.5, 0.6) is 0 Å². The molecule has 3 aromatic rings. The molecule has 0 saturated carbocycles. The van der Waals surface area contributed by atoms with Crippen molar-refractivity contribution in [2.24, 2.45) is 0 Å². The van der Waals surface area contributed by atoms with Crippen LogP contribution in [0.4, 0.5) is 0 Å². The van der Waals surface area contributed by atoms with E-state index in [2.05, 4.69) is 47.4 Å². The van der Waals surface area contributed by atoms with E-state index in [0.717, 1.165) is 5.52 Å². The zero-order valence-electron chi connectivity index (χ0n) is 8.05. The maximum absolute atomic E-state index is 4.34. The number of nitrogens with zero attached hydrogens (tertiary/aromatic N) is 1. The Hall–Kier alpha value is -1.37. The van der Waals surface area contributed by atoms with Crippen LogP contribution in [0.1, 0.15) is 0 Å². The molecule has 2 heteroatoms. The van der Waals surface area contributed by atoms with Gasteiger partial charge in [0.1, 0.15) is 0 Å². The first kappa shape index (κ1) is 8.90. The molecule has 0 atom stereocenters. The predicted molar refractivity (Wildman–Crippen MR) is 64.1 cm³/mol. The summed E-state index contributed by atoms with van der Waals surface area (Å²) in [4.78, 5) is 4.34. The Kier molecular flexibility index (Phi) is 2.17. The third kappa shape index (κ3) is 1.63. The molecule has 0 amide bonds. The van der Waals surface area contributed by atoms with Gasteiger partial charge < -0.3 is 0 Å². The van der Waals surface area contributed by atoms with Crippen molar-refractivity contribution in [1.29, 1.82) is 0 Å². The molecule has 0 radical (unpaired) electrons. The molecule has 0 saturated heterocycles. The average molecular weight is 258 g/mol.